The van der Waals surface area contributed by atoms with Gasteiger partial charge in [0.25, 0.3) is 45.5 Å². The molecule has 22 nitrogen and oxygen atoms in total. The third kappa shape index (κ3) is 9.61. The van der Waals surface area contributed by atoms with Crippen LogP contribution < -0.4 is 15.3 Å². The Balaban J connectivity index is 1.38. The third-order valence-corrected chi connectivity index (χ3v) is 12.4. The van der Waals surface area contributed by atoms with Crippen LogP contribution in [0.3, 0.4) is 0 Å². The number of nitrogens with zero attached hydrogens (tertiary/aromatic N) is 8. The molecule has 0 bridgehead atoms. The van der Waals surface area contributed by atoms with Crippen molar-refractivity contribution in [3.63, 3.8) is 0 Å². The summed E-state index contributed by atoms with van der Waals surface area (Å²) in [4.78, 5) is 2.10. The van der Waals surface area contributed by atoms with Crippen LogP contribution in [0.25, 0.3) is 10.8 Å². The molecule has 306 valence electrons. The quantitative estimate of drug-likeness (QED) is 0.0460. The predicted molar refractivity (Wildman–Crippen MR) is 210 cm³/mol. The van der Waals surface area contributed by atoms with E-state index in [0.717, 1.165) is 52.5 Å². The molecule has 60 heavy (non-hydrogen) atoms. The lowest BCUT2D eigenvalue weighted by molar-refractivity contribution is -0.684. The fraction of sp³-hybridized carbons (Fsp3) is 0.0303. The molecular formula is C33H23N10O12S5+. The minimum Gasteiger partial charge on any atom is -0.339 e. The molecule has 0 aliphatic carbocycles. The van der Waals surface area contributed by atoms with E-state index in [1.54, 1.807) is 0 Å². The SMILES string of the molecule is Cc1c(C#N)c(Nc2ccc(S(=O)(=O)O)cc2)nc(Nc2ccc(S(=O)(=O)O)cc2)c1N=Nc1sc(N=N[n+]2ccc3c(S(=O)(=O)O)cc(S(=O)(=O)O)cc3c2)cc1C#N. The lowest BCUT2D eigenvalue weighted by Crippen LogP contribution is -2.25. The monoisotopic (exact) mass is 911 g/mol. The molecule has 3 aromatic heterocycles. The van der Waals surface area contributed by atoms with Crippen LogP contribution in [0.1, 0.15) is 16.7 Å². The maximum atomic E-state index is 12.0. The van der Waals surface area contributed by atoms with Crippen molar-refractivity contribution in [3.05, 3.63) is 102 Å². The Labute approximate surface area is 343 Å². The maximum absolute atomic E-state index is 12.0. The average molecular weight is 912 g/mol. The number of nitriles is 2. The summed E-state index contributed by atoms with van der Waals surface area (Å²) in [5.41, 5.74) is 0.599. The van der Waals surface area contributed by atoms with Gasteiger partial charge in [-0.15, -0.1) is 14.9 Å². The van der Waals surface area contributed by atoms with Crippen molar-refractivity contribution >= 4 is 101 Å². The van der Waals surface area contributed by atoms with E-state index in [4.69, 9.17) is 0 Å². The zero-order valence-electron chi connectivity index (χ0n) is 29.8. The molecule has 0 spiro atoms. The standard InChI is InChI=1S/C33H22N10O12S5/c1-18-27(16-35)31(36-21-2-6-23(7-3-21)57(44,45)46)38-32(37-22-4-8-24(9-5-22)58(47,48)49)30(18)40-41-33-19(15-34)13-29(56-33)39-42-43-11-10-26-20(17-43)12-25(59(50,51)52)14-28(26)60(53,54)55/h2-14,17H,1H3,(H5-,36,37,38,44,45,46,47,48,49,50,51,52,53,54,55)/p+1. The molecule has 3 aromatic carbocycles. The fourth-order valence-electron chi connectivity index (χ4n) is 5.25. The van der Waals surface area contributed by atoms with Crippen molar-refractivity contribution in [1.29, 1.82) is 10.5 Å². The summed E-state index contributed by atoms with van der Waals surface area (Å²) < 4.78 is 133. The molecule has 6 N–H and O–H groups in total. The Bertz CT molecular complexity index is 3350. The normalized spacial score (nSPS) is 12.4. The summed E-state index contributed by atoms with van der Waals surface area (Å²) in [5.74, 6) is -0.0966. The van der Waals surface area contributed by atoms with E-state index in [0.29, 0.717) is 6.07 Å². The smallest absolute Gasteiger partial charge is 0.295 e. The van der Waals surface area contributed by atoms with Gasteiger partial charge in [0.15, 0.2) is 16.6 Å². The molecule has 0 aliphatic rings. The first-order valence-electron chi connectivity index (χ1n) is 16.0. The van der Waals surface area contributed by atoms with Gasteiger partial charge >= 0.3 is 0 Å². The molecule has 3 heterocycles. The van der Waals surface area contributed by atoms with Crippen molar-refractivity contribution < 1.29 is 56.6 Å². The van der Waals surface area contributed by atoms with E-state index < -0.39 is 55.2 Å². The van der Waals surface area contributed by atoms with Crippen molar-refractivity contribution in [2.45, 2.75) is 26.5 Å². The van der Waals surface area contributed by atoms with E-state index in [2.05, 4.69) is 36.2 Å². The first kappa shape index (κ1) is 42.9. The number of benzene rings is 3. The Kier molecular flexibility index (Phi) is 11.6. The van der Waals surface area contributed by atoms with Gasteiger partial charge < -0.3 is 10.6 Å². The lowest BCUT2D eigenvalue weighted by atomic mass is 10.1. The van der Waals surface area contributed by atoms with Crippen LogP contribution in [-0.2, 0) is 40.5 Å². The van der Waals surface area contributed by atoms with E-state index in [-0.39, 0.29) is 71.1 Å². The van der Waals surface area contributed by atoms with Gasteiger partial charge in [0, 0.05) is 33.8 Å². The van der Waals surface area contributed by atoms with Crippen LogP contribution in [0.2, 0.25) is 0 Å². The number of pyridine rings is 2. The molecule has 0 saturated carbocycles. The molecule has 0 saturated heterocycles. The molecule has 0 fully saturated rings. The predicted octanol–water partition coefficient (Wildman–Crippen LogP) is 6.07. The minimum absolute atomic E-state index is 0.00744. The number of thiophene rings is 1. The highest BCUT2D eigenvalue weighted by Gasteiger charge is 2.23. The molecule has 0 unspecified atom stereocenters. The summed E-state index contributed by atoms with van der Waals surface area (Å²) in [6.45, 7) is 1.51. The van der Waals surface area contributed by atoms with E-state index in [1.807, 2.05) is 12.1 Å². The average Bonchev–Trinajstić information content (AvgIpc) is 3.57. The first-order chi connectivity index (χ1) is 28.0. The number of hydrogen-bond acceptors (Lipinski definition) is 18. The van der Waals surface area contributed by atoms with Gasteiger partial charge in [0.1, 0.15) is 40.3 Å². The molecular weight excluding hydrogens is 889 g/mol. The molecule has 0 aliphatic heterocycles. The zero-order valence-corrected chi connectivity index (χ0v) is 33.8. The van der Waals surface area contributed by atoms with Gasteiger partial charge in [0.05, 0.1) is 30.9 Å². The van der Waals surface area contributed by atoms with Crippen molar-refractivity contribution in [2.24, 2.45) is 20.6 Å². The molecule has 27 heteroatoms. The summed E-state index contributed by atoms with van der Waals surface area (Å²) in [6, 6.07) is 17.7. The van der Waals surface area contributed by atoms with Crippen molar-refractivity contribution in [2.75, 3.05) is 10.6 Å². The van der Waals surface area contributed by atoms with Gasteiger partial charge in [-0.2, -0.15) is 44.2 Å². The van der Waals surface area contributed by atoms with E-state index in [9.17, 15) is 62.4 Å². The molecule has 6 rings (SSSR count). The second kappa shape index (κ2) is 16.2. The van der Waals surface area contributed by atoms with Crippen molar-refractivity contribution in [3.8, 4) is 12.1 Å². The Hall–Kier alpha value is -6.66. The van der Waals surface area contributed by atoms with Gasteiger partial charge in [-0.25, -0.2) is 4.98 Å². The molecule has 0 amide bonds. The number of azo groups is 1. The van der Waals surface area contributed by atoms with Crippen LogP contribution >= 0.6 is 11.3 Å². The Morgan fingerprint density at radius 2 is 1.25 bits per heavy atom. The highest BCUT2D eigenvalue weighted by molar-refractivity contribution is 7.87. The minimum atomic E-state index is -4.93. The van der Waals surface area contributed by atoms with Gasteiger partial charge in [-0.05, 0) is 73.7 Å². The number of fused-ring (bicyclic) bond motifs is 1. The number of rotatable bonds is 12. The topological polar surface area (TPSA) is 355 Å². The second-order valence-corrected chi connectivity index (χ2v) is 18.7. The number of hydrogen-bond donors (Lipinski definition) is 6. The van der Waals surface area contributed by atoms with E-state index >= 15 is 0 Å². The van der Waals surface area contributed by atoms with Crippen LogP contribution in [0, 0.1) is 29.6 Å². The van der Waals surface area contributed by atoms with Gasteiger partial charge in [0.2, 0.25) is 0 Å². The lowest BCUT2D eigenvalue weighted by Gasteiger charge is -2.16. The maximum Gasteiger partial charge on any atom is 0.295 e. The van der Waals surface area contributed by atoms with Crippen LogP contribution in [0.15, 0.2) is 125 Å². The van der Waals surface area contributed by atoms with Gasteiger partial charge in [-0.3, -0.25) is 18.2 Å². The summed E-state index contributed by atoms with van der Waals surface area (Å²) in [6.07, 6.45) is 2.38. The third-order valence-electron chi connectivity index (χ3n) is 8.05. The van der Waals surface area contributed by atoms with E-state index in [1.165, 1.54) is 49.5 Å². The highest BCUT2D eigenvalue weighted by atomic mass is 32.2. The second-order valence-electron chi connectivity index (χ2n) is 12.0. The van der Waals surface area contributed by atoms with Gasteiger partial charge in [-0.1, -0.05) is 11.3 Å². The number of aromatic nitrogens is 2. The van der Waals surface area contributed by atoms with Crippen LogP contribution in [-0.4, -0.2) is 56.9 Å². The molecule has 6 aromatic rings. The summed E-state index contributed by atoms with van der Waals surface area (Å²) in [7, 11) is -18.9. The first-order valence-corrected chi connectivity index (χ1v) is 22.6. The largest absolute Gasteiger partial charge is 0.339 e. The zero-order chi connectivity index (χ0) is 43.8. The molecule has 0 radical (unpaired) electrons. The highest BCUT2D eigenvalue weighted by Crippen LogP contribution is 2.41. The Morgan fingerprint density at radius 3 is 1.77 bits per heavy atom. The number of nitrogens with one attached hydrogen (secondary N) is 2. The number of anilines is 4. The van der Waals surface area contributed by atoms with Crippen molar-refractivity contribution in [1.82, 2.24) is 4.98 Å². The fourth-order valence-corrected chi connectivity index (χ4v) is 8.32. The van der Waals surface area contributed by atoms with Crippen LogP contribution in [0.4, 0.5) is 38.7 Å². The van der Waals surface area contributed by atoms with Crippen LogP contribution in [0.5, 0.6) is 0 Å². The summed E-state index contributed by atoms with van der Waals surface area (Å²) >= 11 is 0.834. The Morgan fingerprint density at radius 1 is 0.683 bits per heavy atom. The molecule has 0 atom stereocenters. The summed E-state index contributed by atoms with van der Waals surface area (Å²) in [5, 5.41) is 42.4.